The second kappa shape index (κ2) is 4.54. The van der Waals surface area contributed by atoms with Crippen molar-refractivity contribution in [2.45, 2.75) is 13.3 Å². The molecule has 1 atom stereocenters. The van der Waals surface area contributed by atoms with E-state index in [-0.39, 0.29) is 17.3 Å². The van der Waals surface area contributed by atoms with Crippen molar-refractivity contribution in [3.05, 3.63) is 28.0 Å². The molecule has 0 aliphatic carbocycles. The molecule has 7 heteroatoms. The van der Waals surface area contributed by atoms with E-state index in [9.17, 15) is 9.18 Å². The molecule has 1 aromatic carbocycles. The summed E-state index contributed by atoms with van der Waals surface area (Å²) in [6, 6.07) is 3.18. The lowest BCUT2D eigenvalue weighted by Gasteiger charge is -2.19. The van der Waals surface area contributed by atoms with Crippen molar-refractivity contribution in [1.29, 1.82) is 0 Å². The molecule has 2 heterocycles. The molecule has 0 saturated carbocycles. The number of hydrazone groups is 1. The van der Waals surface area contributed by atoms with Crippen molar-refractivity contribution in [3.63, 3.8) is 0 Å². The molecule has 0 saturated heterocycles. The van der Waals surface area contributed by atoms with Gasteiger partial charge in [-0.15, -0.1) is 11.3 Å². The molecule has 4 nitrogen and oxygen atoms in total. The van der Waals surface area contributed by atoms with E-state index in [1.165, 1.54) is 17.4 Å². The number of thiazole rings is 1. The van der Waals surface area contributed by atoms with Gasteiger partial charge in [0.25, 0.3) is 0 Å². The van der Waals surface area contributed by atoms with Crippen LogP contribution in [0.3, 0.4) is 0 Å². The Morgan fingerprint density at radius 2 is 2.32 bits per heavy atom. The number of benzene rings is 1. The Kier molecular flexibility index (Phi) is 2.99. The van der Waals surface area contributed by atoms with Crippen LogP contribution in [-0.4, -0.2) is 16.6 Å². The van der Waals surface area contributed by atoms with Crippen LogP contribution in [0.1, 0.15) is 18.9 Å². The highest BCUT2D eigenvalue weighted by Crippen LogP contribution is 2.30. The normalized spacial score (nSPS) is 19.4. The highest BCUT2D eigenvalue weighted by molar-refractivity contribution is 7.22. The molecule has 0 spiro atoms. The van der Waals surface area contributed by atoms with E-state index in [1.807, 2.05) is 6.92 Å². The molecular formula is C12H9ClFN3OS. The monoisotopic (exact) mass is 297 g/mol. The number of nitrogens with one attached hydrogen (secondary N) is 1. The Hall–Kier alpha value is -1.53. The topological polar surface area (TPSA) is 54.4 Å². The summed E-state index contributed by atoms with van der Waals surface area (Å²) in [6.07, 6.45) is 0.349. The summed E-state index contributed by atoms with van der Waals surface area (Å²) in [4.78, 5) is 15.1. The first-order chi connectivity index (χ1) is 9.04. The first-order valence-corrected chi connectivity index (χ1v) is 6.86. The number of aromatic nitrogens is 1. The molecule has 0 radical (unpaired) electrons. The molecule has 1 unspecified atom stereocenters. The second-order valence-electron chi connectivity index (χ2n) is 4.41. The molecule has 1 amide bonds. The Labute approximate surface area is 117 Å². The summed E-state index contributed by atoms with van der Waals surface area (Å²) < 4.78 is 14.9. The number of halogens is 2. The minimum absolute atomic E-state index is 0.0472. The van der Waals surface area contributed by atoms with Crippen LogP contribution in [0, 0.1) is 11.7 Å². The van der Waals surface area contributed by atoms with Gasteiger partial charge in [0.2, 0.25) is 5.91 Å². The second-order valence-corrected chi connectivity index (χ2v) is 6.02. The fourth-order valence-electron chi connectivity index (χ4n) is 2.11. The average molecular weight is 298 g/mol. The molecule has 98 valence electrons. The van der Waals surface area contributed by atoms with E-state index in [2.05, 4.69) is 15.5 Å². The molecular weight excluding hydrogens is 289 g/mol. The molecule has 3 rings (SSSR count). The quantitative estimate of drug-likeness (QED) is 0.880. The highest BCUT2D eigenvalue weighted by Gasteiger charge is 2.23. The van der Waals surface area contributed by atoms with E-state index >= 15 is 0 Å². The largest absolute Gasteiger partial charge is 0.273 e. The zero-order chi connectivity index (χ0) is 13.6. The van der Waals surface area contributed by atoms with Crippen molar-refractivity contribution in [3.8, 4) is 0 Å². The maximum Gasteiger partial charge on any atom is 0.240 e. The third-order valence-corrected chi connectivity index (χ3v) is 4.08. The van der Waals surface area contributed by atoms with Gasteiger partial charge in [0.1, 0.15) is 5.52 Å². The minimum atomic E-state index is -0.428. The van der Waals surface area contributed by atoms with Gasteiger partial charge in [-0.25, -0.2) is 14.8 Å². The van der Waals surface area contributed by atoms with E-state index in [0.717, 1.165) is 0 Å². The van der Waals surface area contributed by atoms with Crippen LogP contribution in [0.5, 0.6) is 0 Å². The van der Waals surface area contributed by atoms with E-state index < -0.39 is 5.82 Å². The zero-order valence-corrected chi connectivity index (χ0v) is 11.5. The van der Waals surface area contributed by atoms with Crippen molar-refractivity contribution in [2.75, 3.05) is 0 Å². The Balaban J connectivity index is 2.13. The summed E-state index contributed by atoms with van der Waals surface area (Å²) in [5.41, 5.74) is 4.01. The third kappa shape index (κ3) is 2.21. The number of carbonyl (C=O) groups excluding carboxylic acids is 1. The SMILES string of the molecule is CC1CC(=O)NN=C1c1cc(F)c2nc(Cl)sc2c1. The first-order valence-electron chi connectivity index (χ1n) is 5.67. The van der Waals surface area contributed by atoms with Crippen molar-refractivity contribution >= 4 is 44.8 Å². The van der Waals surface area contributed by atoms with Gasteiger partial charge in [0.05, 0.1) is 10.4 Å². The lowest BCUT2D eigenvalue weighted by Crippen LogP contribution is -2.32. The van der Waals surface area contributed by atoms with Crippen LogP contribution in [0.4, 0.5) is 4.39 Å². The molecule has 1 N–H and O–H groups in total. The van der Waals surface area contributed by atoms with Crippen LogP contribution < -0.4 is 5.43 Å². The van der Waals surface area contributed by atoms with E-state index in [0.29, 0.717) is 26.9 Å². The third-order valence-electron chi connectivity index (χ3n) is 2.98. The van der Waals surface area contributed by atoms with E-state index in [1.54, 1.807) is 6.07 Å². The lowest BCUT2D eigenvalue weighted by molar-refractivity contribution is -0.121. The van der Waals surface area contributed by atoms with Gasteiger partial charge in [0.15, 0.2) is 10.3 Å². The van der Waals surface area contributed by atoms with Gasteiger partial charge in [-0.3, -0.25) is 4.79 Å². The standard InChI is InChI=1S/C12H9ClFN3OS/c1-5-2-9(18)16-17-10(5)6-3-7(14)11-8(4-6)19-12(13)15-11/h3-5H,2H2,1H3,(H,16,18). The predicted molar refractivity (Wildman–Crippen MR) is 73.0 cm³/mol. The highest BCUT2D eigenvalue weighted by atomic mass is 35.5. The molecule has 1 aliphatic rings. The van der Waals surface area contributed by atoms with Gasteiger partial charge >= 0.3 is 0 Å². The summed E-state index contributed by atoms with van der Waals surface area (Å²) in [5, 5.41) is 4.02. The van der Waals surface area contributed by atoms with Crippen LogP contribution in [0.25, 0.3) is 10.2 Å². The van der Waals surface area contributed by atoms with Crippen molar-refractivity contribution < 1.29 is 9.18 Å². The summed E-state index contributed by atoms with van der Waals surface area (Å²) in [5.74, 6) is -0.602. The predicted octanol–water partition coefficient (Wildman–Crippen LogP) is 2.95. The van der Waals surface area contributed by atoms with Crippen molar-refractivity contribution in [2.24, 2.45) is 11.0 Å². The zero-order valence-electron chi connectivity index (χ0n) is 9.91. The van der Waals surface area contributed by atoms with Gasteiger partial charge in [-0.1, -0.05) is 18.5 Å². The van der Waals surface area contributed by atoms with Crippen molar-refractivity contribution in [1.82, 2.24) is 10.4 Å². The van der Waals surface area contributed by atoms with Crippen LogP contribution in [-0.2, 0) is 4.79 Å². The summed E-state index contributed by atoms with van der Waals surface area (Å²) >= 11 is 7.01. The first kappa shape index (κ1) is 12.5. The number of amides is 1. The fraction of sp³-hybridized carbons (Fsp3) is 0.250. The summed E-state index contributed by atoms with van der Waals surface area (Å²) in [6.45, 7) is 1.89. The van der Waals surface area contributed by atoms with E-state index in [4.69, 9.17) is 11.6 Å². The number of carbonyl (C=O) groups is 1. The number of hydrogen-bond donors (Lipinski definition) is 1. The molecule has 19 heavy (non-hydrogen) atoms. The van der Waals surface area contributed by atoms with Crippen LogP contribution in [0.15, 0.2) is 17.2 Å². The van der Waals surface area contributed by atoms with Gasteiger partial charge in [-0.2, -0.15) is 5.10 Å². The molecule has 1 aromatic heterocycles. The van der Waals surface area contributed by atoms with Gasteiger partial charge in [0, 0.05) is 17.9 Å². The Bertz CT molecular complexity index is 712. The van der Waals surface area contributed by atoms with Gasteiger partial charge < -0.3 is 0 Å². The number of rotatable bonds is 1. The molecule has 0 fully saturated rings. The molecule has 1 aliphatic heterocycles. The number of fused-ring (bicyclic) bond motifs is 1. The Morgan fingerprint density at radius 3 is 3.05 bits per heavy atom. The van der Waals surface area contributed by atoms with Crippen LogP contribution in [0.2, 0.25) is 4.47 Å². The number of hydrogen-bond acceptors (Lipinski definition) is 4. The summed E-state index contributed by atoms with van der Waals surface area (Å²) in [7, 11) is 0. The Morgan fingerprint density at radius 1 is 1.53 bits per heavy atom. The fourth-order valence-corrected chi connectivity index (χ4v) is 3.19. The lowest BCUT2D eigenvalue weighted by atomic mass is 9.94. The maximum atomic E-state index is 14.0. The molecule has 2 aromatic rings. The number of nitrogens with zero attached hydrogens (tertiary/aromatic N) is 2. The minimum Gasteiger partial charge on any atom is -0.273 e. The van der Waals surface area contributed by atoms with Crippen LogP contribution >= 0.6 is 22.9 Å². The smallest absolute Gasteiger partial charge is 0.240 e. The van der Waals surface area contributed by atoms with Gasteiger partial charge in [-0.05, 0) is 12.1 Å². The molecule has 0 bridgehead atoms. The maximum absolute atomic E-state index is 14.0. The average Bonchev–Trinajstić information content (AvgIpc) is 2.70.